The Bertz CT molecular complexity index is 1140. The second-order valence-corrected chi connectivity index (χ2v) is 7.67. The Labute approximate surface area is 175 Å². The van der Waals surface area contributed by atoms with Crippen molar-refractivity contribution in [2.45, 2.75) is 32.8 Å². The van der Waals surface area contributed by atoms with E-state index in [1.807, 2.05) is 20.8 Å². The minimum Gasteiger partial charge on any atom is -0.376 e. The quantitative estimate of drug-likeness (QED) is 0.445. The Morgan fingerprint density at radius 1 is 1.20 bits per heavy atom. The van der Waals surface area contributed by atoms with Crippen LogP contribution < -0.4 is 5.32 Å². The summed E-state index contributed by atoms with van der Waals surface area (Å²) in [7, 11) is 0. The molecule has 3 rings (SSSR count). The van der Waals surface area contributed by atoms with Crippen LogP contribution in [0.1, 0.15) is 52.7 Å². The van der Waals surface area contributed by atoms with Gasteiger partial charge in [-0.2, -0.15) is 0 Å². The van der Waals surface area contributed by atoms with Gasteiger partial charge in [-0.05, 0) is 63.6 Å². The van der Waals surface area contributed by atoms with Crippen molar-refractivity contribution in [2.24, 2.45) is 0 Å². The summed E-state index contributed by atoms with van der Waals surface area (Å²) in [4.78, 5) is 36.9. The van der Waals surface area contributed by atoms with E-state index in [0.717, 1.165) is 6.29 Å². The van der Waals surface area contributed by atoms with Crippen LogP contribution in [0.2, 0.25) is 0 Å². The number of hydrogen-bond donors (Lipinski definition) is 1. The van der Waals surface area contributed by atoms with Crippen LogP contribution in [0.25, 0.3) is 21.8 Å². The van der Waals surface area contributed by atoms with Gasteiger partial charge in [0.2, 0.25) is 0 Å². The van der Waals surface area contributed by atoms with Gasteiger partial charge in [-0.3, -0.25) is 19.0 Å². The number of amides is 1. The standard InChI is InChI=1S/C24H26N2O4/c1-5-21(28)26-19-11-10-16(15-27)14-18(19)22-17(8-7-9-20(22)26)23(29)25-13-12-24(3,4)30-6-2/h5,7-11,14-15H,1,6,12-13H2,2-4H3,(H,25,29). The highest BCUT2D eigenvalue weighted by Gasteiger charge is 2.21. The molecule has 1 N–H and O–H groups in total. The molecule has 2 aromatic carbocycles. The molecule has 0 saturated heterocycles. The van der Waals surface area contributed by atoms with E-state index < -0.39 is 0 Å². The number of allylic oxidation sites excluding steroid dienone is 1. The van der Waals surface area contributed by atoms with E-state index in [0.29, 0.717) is 52.5 Å². The van der Waals surface area contributed by atoms with E-state index in [-0.39, 0.29) is 17.4 Å². The van der Waals surface area contributed by atoms with Gasteiger partial charge in [0.25, 0.3) is 11.8 Å². The third-order valence-electron chi connectivity index (χ3n) is 5.14. The first kappa shape index (κ1) is 21.5. The number of carbonyl (C=O) groups excluding carboxylic acids is 3. The minimum absolute atomic E-state index is 0.241. The van der Waals surface area contributed by atoms with E-state index in [4.69, 9.17) is 4.74 Å². The molecule has 0 radical (unpaired) electrons. The molecule has 1 amide bonds. The molecular weight excluding hydrogens is 380 g/mol. The fourth-order valence-corrected chi connectivity index (χ4v) is 3.71. The molecule has 0 aliphatic carbocycles. The molecule has 0 aliphatic rings. The van der Waals surface area contributed by atoms with Gasteiger partial charge in [-0.25, -0.2) is 0 Å². The van der Waals surface area contributed by atoms with Gasteiger partial charge in [0.05, 0.1) is 16.6 Å². The van der Waals surface area contributed by atoms with Gasteiger partial charge in [0.1, 0.15) is 6.29 Å². The smallest absolute Gasteiger partial charge is 0.254 e. The molecule has 0 atom stereocenters. The Morgan fingerprint density at radius 3 is 2.63 bits per heavy atom. The molecule has 6 nitrogen and oxygen atoms in total. The Morgan fingerprint density at radius 2 is 1.97 bits per heavy atom. The zero-order valence-electron chi connectivity index (χ0n) is 17.5. The van der Waals surface area contributed by atoms with Crippen molar-refractivity contribution < 1.29 is 19.1 Å². The van der Waals surface area contributed by atoms with Crippen LogP contribution in [0, 0.1) is 0 Å². The molecule has 3 aromatic rings. The average Bonchev–Trinajstić information content (AvgIpc) is 3.06. The summed E-state index contributed by atoms with van der Waals surface area (Å²) in [6.07, 6.45) is 2.64. The number of carbonyl (C=O) groups is 3. The molecule has 0 saturated carbocycles. The Balaban J connectivity index is 2.07. The van der Waals surface area contributed by atoms with E-state index in [1.54, 1.807) is 36.4 Å². The number of hydrogen-bond acceptors (Lipinski definition) is 4. The van der Waals surface area contributed by atoms with Crippen LogP contribution in [0.15, 0.2) is 49.1 Å². The highest BCUT2D eigenvalue weighted by Crippen LogP contribution is 2.32. The molecule has 0 spiro atoms. The van der Waals surface area contributed by atoms with E-state index in [1.165, 1.54) is 10.6 Å². The van der Waals surface area contributed by atoms with E-state index in [9.17, 15) is 14.4 Å². The first-order valence-corrected chi connectivity index (χ1v) is 9.94. The maximum absolute atomic E-state index is 13.0. The maximum atomic E-state index is 13.0. The van der Waals surface area contributed by atoms with Crippen LogP contribution in [0.4, 0.5) is 0 Å². The summed E-state index contributed by atoms with van der Waals surface area (Å²) in [5.41, 5.74) is 1.81. The van der Waals surface area contributed by atoms with E-state index in [2.05, 4.69) is 11.9 Å². The molecule has 6 heteroatoms. The van der Waals surface area contributed by atoms with Crippen molar-refractivity contribution in [1.82, 2.24) is 9.88 Å². The van der Waals surface area contributed by atoms with Gasteiger partial charge in [-0.1, -0.05) is 12.6 Å². The molecule has 1 heterocycles. The monoisotopic (exact) mass is 406 g/mol. The largest absolute Gasteiger partial charge is 0.376 e. The lowest BCUT2D eigenvalue weighted by Gasteiger charge is -2.24. The highest BCUT2D eigenvalue weighted by atomic mass is 16.5. The summed E-state index contributed by atoms with van der Waals surface area (Å²) in [6, 6.07) is 10.3. The first-order chi connectivity index (χ1) is 14.3. The fourth-order valence-electron chi connectivity index (χ4n) is 3.71. The average molecular weight is 406 g/mol. The van der Waals surface area contributed by atoms with Crippen molar-refractivity contribution in [3.63, 3.8) is 0 Å². The zero-order valence-corrected chi connectivity index (χ0v) is 17.5. The Hall–Kier alpha value is -3.25. The first-order valence-electron chi connectivity index (χ1n) is 9.94. The molecule has 0 unspecified atom stereocenters. The lowest BCUT2D eigenvalue weighted by Crippen LogP contribution is -2.33. The van der Waals surface area contributed by atoms with Crippen LogP contribution in [0.3, 0.4) is 0 Å². The Kier molecular flexibility index (Phi) is 6.17. The maximum Gasteiger partial charge on any atom is 0.254 e. The molecule has 1 aromatic heterocycles. The minimum atomic E-state index is -0.334. The predicted molar refractivity (Wildman–Crippen MR) is 118 cm³/mol. The lowest BCUT2D eigenvalue weighted by molar-refractivity contribution is -0.0153. The topological polar surface area (TPSA) is 77.4 Å². The third-order valence-corrected chi connectivity index (χ3v) is 5.14. The van der Waals surface area contributed by atoms with Crippen molar-refractivity contribution in [2.75, 3.05) is 13.2 Å². The molecule has 0 fully saturated rings. The van der Waals surface area contributed by atoms with Crippen LogP contribution in [0.5, 0.6) is 0 Å². The SMILES string of the molecule is C=CC(=O)n1c2ccc(C=O)cc2c2c(C(=O)NCCC(C)(C)OCC)cccc21. The highest BCUT2D eigenvalue weighted by molar-refractivity contribution is 6.22. The van der Waals surface area contributed by atoms with Gasteiger partial charge >= 0.3 is 0 Å². The number of aldehydes is 1. The summed E-state index contributed by atoms with van der Waals surface area (Å²) in [5.74, 6) is -0.542. The summed E-state index contributed by atoms with van der Waals surface area (Å²) in [5, 5.41) is 4.25. The normalized spacial score (nSPS) is 11.6. The summed E-state index contributed by atoms with van der Waals surface area (Å²) >= 11 is 0. The summed E-state index contributed by atoms with van der Waals surface area (Å²) < 4.78 is 7.19. The fraction of sp³-hybridized carbons (Fsp3) is 0.292. The van der Waals surface area contributed by atoms with Crippen molar-refractivity contribution in [3.05, 3.63) is 60.2 Å². The number of aromatic nitrogens is 1. The molecule has 0 bridgehead atoms. The van der Waals surface area contributed by atoms with Crippen LogP contribution in [-0.4, -0.2) is 41.4 Å². The van der Waals surface area contributed by atoms with Gasteiger partial charge in [-0.15, -0.1) is 0 Å². The van der Waals surface area contributed by atoms with Gasteiger partial charge in [0.15, 0.2) is 0 Å². The third kappa shape index (κ3) is 4.04. The van der Waals surface area contributed by atoms with Crippen LogP contribution >= 0.6 is 0 Å². The number of rotatable bonds is 8. The molecule has 30 heavy (non-hydrogen) atoms. The number of benzene rings is 2. The number of nitrogens with zero attached hydrogens (tertiary/aromatic N) is 1. The van der Waals surface area contributed by atoms with Crippen molar-refractivity contribution in [1.29, 1.82) is 0 Å². The molecule has 156 valence electrons. The van der Waals surface area contributed by atoms with Gasteiger partial charge in [0, 0.05) is 35.1 Å². The zero-order chi connectivity index (χ0) is 21.9. The molecule has 0 aliphatic heterocycles. The molecular formula is C24H26N2O4. The second kappa shape index (κ2) is 8.63. The van der Waals surface area contributed by atoms with Gasteiger partial charge < -0.3 is 10.1 Å². The van der Waals surface area contributed by atoms with Crippen molar-refractivity contribution in [3.8, 4) is 0 Å². The number of fused-ring (bicyclic) bond motifs is 3. The van der Waals surface area contributed by atoms with E-state index >= 15 is 0 Å². The lowest BCUT2D eigenvalue weighted by atomic mass is 10.0. The second-order valence-electron chi connectivity index (χ2n) is 7.67. The predicted octanol–water partition coefficient (Wildman–Crippen LogP) is 4.37. The van der Waals surface area contributed by atoms with Crippen LogP contribution in [-0.2, 0) is 4.74 Å². The number of nitrogens with one attached hydrogen (secondary N) is 1. The van der Waals surface area contributed by atoms with Crippen molar-refractivity contribution >= 4 is 39.9 Å². The summed E-state index contributed by atoms with van der Waals surface area (Å²) in [6.45, 7) is 10.5. The number of ether oxygens (including phenoxy) is 1.